The van der Waals surface area contributed by atoms with Gasteiger partial charge < -0.3 is 10.5 Å². The summed E-state index contributed by atoms with van der Waals surface area (Å²) < 4.78 is 5.03. The van der Waals surface area contributed by atoms with E-state index in [-0.39, 0.29) is 12.4 Å². The molecule has 0 aromatic rings. The Morgan fingerprint density at radius 3 is 2.25 bits per heavy atom. The van der Waals surface area contributed by atoms with Crippen LogP contribution in [0, 0.1) is 0 Å². The van der Waals surface area contributed by atoms with E-state index in [0.29, 0.717) is 11.4 Å². The molecule has 3 nitrogen and oxygen atoms in total. The highest BCUT2D eigenvalue weighted by Crippen LogP contribution is 2.08. The lowest BCUT2D eigenvalue weighted by Crippen LogP contribution is -2.24. The number of ether oxygens (including phenoxy) is 1. The number of hydrogen-bond acceptors (Lipinski definition) is 3. The second-order valence-corrected chi connectivity index (χ2v) is 4.08. The largest absolute Gasteiger partial charge is 0.460 e. The number of rotatable bonds is 3. The van der Waals surface area contributed by atoms with Gasteiger partial charge in [-0.05, 0) is 20.8 Å². The van der Waals surface area contributed by atoms with Gasteiger partial charge in [-0.25, -0.2) is 0 Å². The van der Waals surface area contributed by atoms with Crippen LogP contribution in [0.1, 0.15) is 33.6 Å². The second-order valence-electron chi connectivity index (χ2n) is 3.55. The van der Waals surface area contributed by atoms with Crippen molar-refractivity contribution in [1.29, 1.82) is 0 Å². The van der Waals surface area contributed by atoms with Gasteiger partial charge in [0, 0.05) is 6.42 Å². The topological polar surface area (TPSA) is 52.3 Å². The lowest BCUT2D eigenvalue weighted by Gasteiger charge is -2.19. The van der Waals surface area contributed by atoms with Gasteiger partial charge in [0.1, 0.15) is 5.60 Å². The average Bonchev–Trinajstić information content (AvgIpc) is 1.79. The molecule has 0 spiro atoms. The summed E-state index contributed by atoms with van der Waals surface area (Å²) >= 11 is 4.63. The Kier molecular flexibility index (Phi) is 4.17. The fourth-order valence-corrected chi connectivity index (χ4v) is 0.720. The molecule has 0 aliphatic rings. The monoisotopic (exact) mass is 189 g/mol. The van der Waals surface area contributed by atoms with E-state index < -0.39 is 5.60 Å². The lowest BCUT2D eigenvalue weighted by atomic mass is 10.2. The molecule has 0 unspecified atom stereocenters. The number of carbonyl (C=O) groups excluding carboxylic acids is 1. The van der Waals surface area contributed by atoms with Gasteiger partial charge in [0.15, 0.2) is 0 Å². The molecule has 0 rings (SSSR count). The minimum atomic E-state index is -0.423. The second kappa shape index (κ2) is 4.40. The normalized spacial score (nSPS) is 10.9. The molecule has 0 amide bonds. The number of esters is 1. The number of nitrogens with two attached hydrogens (primary N) is 1. The van der Waals surface area contributed by atoms with Gasteiger partial charge in [0.2, 0.25) is 0 Å². The van der Waals surface area contributed by atoms with Crippen LogP contribution in [0.4, 0.5) is 0 Å². The molecule has 0 heterocycles. The van der Waals surface area contributed by atoms with E-state index >= 15 is 0 Å². The van der Waals surface area contributed by atoms with Crippen LogP contribution < -0.4 is 5.73 Å². The van der Waals surface area contributed by atoms with E-state index in [1.165, 1.54) is 0 Å². The van der Waals surface area contributed by atoms with E-state index in [4.69, 9.17) is 10.5 Å². The zero-order chi connectivity index (χ0) is 9.78. The van der Waals surface area contributed by atoms with E-state index in [0.717, 1.165) is 0 Å². The van der Waals surface area contributed by atoms with Gasteiger partial charge >= 0.3 is 5.97 Å². The zero-order valence-corrected chi connectivity index (χ0v) is 8.53. The highest BCUT2D eigenvalue weighted by Gasteiger charge is 2.15. The molecule has 0 saturated heterocycles. The first-order valence-corrected chi connectivity index (χ1v) is 4.22. The van der Waals surface area contributed by atoms with Crippen molar-refractivity contribution in [2.75, 3.05) is 0 Å². The van der Waals surface area contributed by atoms with Crippen LogP contribution in [0.3, 0.4) is 0 Å². The standard InChI is InChI=1S/C8H15NO2S/c1-8(2,3)11-7(10)5-4-6(9)12/h4-5H2,1-3H3,(H2,9,12). The molecule has 0 radical (unpaired) electrons. The Bertz CT molecular complexity index is 184. The smallest absolute Gasteiger partial charge is 0.306 e. The maximum Gasteiger partial charge on any atom is 0.306 e. The third kappa shape index (κ3) is 7.47. The Morgan fingerprint density at radius 2 is 1.92 bits per heavy atom. The lowest BCUT2D eigenvalue weighted by molar-refractivity contribution is -0.154. The summed E-state index contributed by atoms with van der Waals surface area (Å²) in [6.45, 7) is 5.48. The van der Waals surface area contributed by atoms with Crippen LogP contribution in [-0.2, 0) is 9.53 Å². The molecule has 4 heteroatoms. The van der Waals surface area contributed by atoms with Crippen LogP contribution in [0.2, 0.25) is 0 Å². The van der Waals surface area contributed by atoms with Gasteiger partial charge in [-0.15, -0.1) is 0 Å². The first kappa shape index (κ1) is 11.4. The maximum absolute atomic E-state index is 11.0. The van der Waals surface area contributed by atoms with Crippen molar-refractivity contribution in [2.45, 2.75) is 39.2 Å². The van der Waals surface area contributed by atoms with Crippen molar-refractivity contribution in [3.05, 3.63) is 0 Å². The number of hydrogen-bond donors (Lipinski definition) is 1. The molecule has 0 fully saturated rings. The Morgan fingerprint density at radius 1 is 1.42 bits per heavy atom. The summed E-state index contributed by atoms with van der Waals surface area (Å²) in [7, 11) is 0. The summed E-state index contributed by atoms with van der Waals surface area (Å²) in [5.74, 6) is -0.254. The van der Waals surface area contributed by atoms with Crippen molar-refractivity contribution in [3.8, 4) is 0 Å². The zero-order valence-electron chi connectivity index (χ0n) is 7.72. The molecule has 0 atom stereocenters. The van der Waals surface area contributed by atoms with Crippen LogP contribution in [0.15, 0.2) is 0 Å². The Hall–Kier alpha value is -0.640. The van der Waals surface area contributed by atoms with Gasteiger partial charge in [0.05, 0.1) is 11.4 Å². The first-order chi connectivity index (χ1) is 5.31. The molecule has 0 aromatic heterocycles. The predicted octanol–water partition coefficient (Wildman–Crippen LogP) is 1.39. The number of thiocarbonyl (C=S) groups is 1. The molecule has 2 N–H and O–H groups in total. The number of carbonyl (C=O) groups is 1. The molecule has 0 aromatic carbocycles. The van der Waals surface area contributed by atoms with Crippen LogP contribution >= 0.6 is 12.2 Å². The molecule has 0 saturated carbocycles. The fourth-order valence-electron chi connectivity index (χ4n) is 0.618. The van der Waals surface area contributed by atoms with Crippen molar-refractivity contribution < 1.29 is 9.53 Å². The molecule has 0 aliphatic heterocycles. The molecule has 0 aliphatic carbocycles. The molecule has 0 bridgehead atoms. The summed E-state index contributed by atoms with van der Waals surface area (Å²) in [6.07, 6.45) is 0.691. The van der Waals surface area contributed by atoms with Crippen LogP contribution in [0.25, 0.3) is 0 Å². The quantitative estimate of drug-likeness (QED) is 0.538. The van der Waals surface area contributed by atoms with Crippen molar-refractivity contribution in [3.63, 3.8) is 0 Å². The van der Waals surface area contributed by atoms with E-state index in [1.54, 1.807) is 0 Å². The summed E-state index contributed by atoms with van der Waals surface area (Å²) in [4.78, 5) is 11.4. The molecule has 12 heavy (non-hydrogen) atoms. The Balaban J connectivity index is 3.68. The fraction of sp³-hybridized carbons (Fsp3) is 0.750. The third-order valence-corrected chi connectivity index (χ3v) is 1.20. The van der Waals surface area contributed by atoms with Crippen LogP contribution in [-0.4, -0.2) is 16.6 Å². The summed E-state index contributed by atoms with van der Waals surface area (Å²) in [5, 5.41) is 0. The highest BCUT2D eigenvalue weighted by molar-refractivity contribution is 7.80. The van der Waals surface area contributed by atoms with E-state index in [1.807, 2.05) is 20.8 Å². The highest BCUT2D eigenvalue weighted by atomic mass is 32.1. The van der Waals surface area contributed by atoms with E-state index in [2.05, 4.69) is 12.2 Å². The SMILES string of the molecule is CC(C)(C)OC(=O)CCC(N)=S. The summed E-state index contributed by atoms with van der Waals surface area (Å²) in [5.41, 5.74) is 4.80. The van der Waals surface area contributed by atoms with Crippen molar-refractivity contribution in [2.24, 2.45) is 5.73 Å². The average molecular weight is 189 g/mol. The Labute approximate surface area is 78.3 Å². The predicted molar refractivity (Wildman–Crippen MR) is 51.9 cm³/mol. The minimum absolute atomic E-state index is 0.254. The van der Waals surface area contributed by atoms with Crippen LogP contribution in [0.5, 0.6) is 0 Å². The molecular weight excluding hydrogens is 174 g/mol. The van der Waals surface area contributed by atoms with E-state index in [9.17, 15) is 4.79 Å². The van der Waals surface area contributed by atoms with Gasteiger partial charge in [0.25, 0.3) is 0 Å². The third-order valence-electron chi connectivity index (χ3n) is 0.996. The summed E-state index contributed by atoms with van der Waals surface area (Å²) in [6, 6.07) is 0. The molecular formula is C8H15NO2S. The molecule has 70 valence electrons. The van der Waals surface area contributed by atoms with Crippen molar-refractivity contribution in [1.82, 2.24) is 0 Å². The maximum atomic E-state index is 11.0. The minimum Gasteiger partial charge on any atom is -0.460 e. The van der Waals surface area contributed by atoms with Gasteiger partial charge in [-0.3, -0.25) is 4.79 Å². The first-order valence-electron chi connectivity index (χ1n) is 3.81. The van der Waals surface area contributed by atoms with Gasteiger partial charge in [-0.1, -0.05) is 12.2 Å². The van der Waals surface area contributed by atoms with Crippen molar-refractivity contribution >= 4 is 23.2 Å². The van der Waals surface area contributed by atoms with Gasteiger partial charge in [-0.2, -0.15) is 0 Å².